The molecule has 0 spiro atoms. The zero-order chi connectivity index (χ0) is 5.21. The van der Waals surface area contributed by atoms with Crippen molar-refractivity contribution in [2.75, 3.05) is 0 Å². The maximum absolute atomic E-state index is 9.43. The molecule has 6 N–H and O–H groups in total. The maximum atomic E-state index is 9.43. The first kappa shape index (κ1) is 30.1. The molecule has 0 saturated carbocycles. The van der Waals surface area contributed by atoms with E-state index in [0.29, 0.717) is 0 Å². The van der Waals surface area contributed by atoms with E-state index in [1.807, 2.05) is 0 Å². The molecule has 0 aromatic carbocycles. The Morgan fingerprint density at radius 1 is 1.00 bits per heavy atom. The molecule has 0 rings (SSSR count). The number of carbonyl (C=O) groups is 1. The Bertz CT molecular complexity index is 64.0. The van der Waals surface area contributed by atoms with E-state index in [1.165, 1.54) is 0 Å². The van der Waals surface area contributed by atoms with Crippen molar-refractivity contribution in [1.82, 2.24) is 0 Å². The van der Waals surface area contributed by atoms with Crippen LogP contribution in [0, 0.1) is 0 Å². The van der Waals surface area contributed by atoms with Gasteiger partial charge in [-0.05, 0) is 0 Å². The van der Waals surface area contributed by atoms with E-state index in [0.717, 1.165) is 0 Å². The van der Waals surface area contributed by atoms with Gasteiger partial charge in [-0.3, -0.25) is 4.79 Å². The van der Waals surface area contributed by atoms with E-state index in [9.17, 15) is 4.79 Å². The van der Waals surface area contributed by atoms with Gasteiger partial charge < -0.3 is 16.4 Å². The minimum atomic E-state index is -1.72. The molecule has 0 aromatic rings. The van der Waals surface area contributed by atoms with Gasteiger partial charge in [-0.15, -0.1) is 0 Å². The summed E-state index contributed by atoms with van der Waals surface area (Å²) < 4.78 is -1.72. The van der Waals surface area contributed by atoms with Crippen molar-refractivity contribution in [3.05, 3.63) is 0 Å². The molecule has 61 valence electrons. The summed E-state index contributed by atoms with van der Waals surface area (Å²) in [7, 11) is 0. The summed E-state index contributed by atoms with van der Waals surface area (Å²) in [6.07, 6.45) is 0.234. The van der Waals surface area contributed by atoms with E-state index < -0.39 is 3.79 Å². The second kappa shape index (κ2) is 13.0. The second-order valence-electron chi connectivity index (χ2n) is 0.659. The van der Waals surface area contributed by atoms with Crippen LogP contribution in [-0.4, -0.2) is 56.1 Å². The SMILES string of the molecule is O.O.O.O=CC(Cl)(Cl)Cl.[Na]. The first-order chi connectivity index (χ1) is 2.56. The van der Waals surface area contributed by atoms with Crippen LogP contribution in [-0.2, 0) is 4.79 Å². The Balaban J connectivity index is -0.0000000208. The fourth-order valence-corrected chi connectivity index (χ4v) is 0. The van der Waals surface area contributed by atoms with Gasteiger partial charge in [-0.2, -0.15) is 0 Å². The summed E-state index contributed by atoms with van der Waals surface area (Å²) in [4.78, 5) is 9.43. The fourth-order valence-electron chi connectivity index (χ4n) is 0. The molecule has 0 saturated heterocycles. The van der Waals surface area contributed by atoms with Gasteiger partial charge in [0.15, 0.2) is 6.29 Å². The van der Waals surface area contributed by atoms with Gasteiger partial charge in [0.2, 0.25) is 3.79 Å². The van der Waals surface area contributed by atoms with Gasteiger partial charge in [-0.25, -0.2) is 0 Å². The summed E-state index contributed by atoms with van der Waals surface area (Å²) in [6, 6.07) is 0. The van der Waals surface area contributed by atoms with E-state index in [2.05, 4.69) is 0 Å². The Morgan fingerprint density at radius 2 is 1.10 bits per heavy atom. The average molecular weight is 224 g/mol. The Kier molecular flexibility index (Phi) is 39.2. The van der Waals surface area contributed by atoms with Crippen LogP contribution >= 0.6 is 34.8 Å². The van der Waals surface area contributed by atoms with Gasteiger partial charge in [-0.1, -0.05) is 34.8 Å². The molecule has 0 bridgehead atoms. The third-order valence-corrected chi connectivity index (χ3v) is 0.401. The first-order valence-corrected chi connectivity index (χ1v) is 2.23. The smallest absolute Gasteiger partial charge is 0.245 e. The zero-order valence-corrected chi connectivity index (χ0v) is 9.39. The third kappa shape index (κ3) is 34.2. The van der Waals surface area contributed by atoms with Crippen molar-refractivity contribution in [1.29, 1.82) is 0 Å². The van der Waals surface area contributed by atoms with Gasteiger partial charge in [0, 0.05) is 29.6 Å². The molecule has 0 heterocycles. The largest absolute Gasteiger partial charge is 0.412 e. The average Bonchev–Trinajstić information content (AvgIpc) is 1.35. The molecule has 0 unspecified atom stereocenters. The monoisotopic (exact) mass is 223 g/mol. The number of alkyl halides is 3. The van der Waals surface area contributed by atoms with Crippen molar-refractivity contribution < 1.29 is 21.2 Å². The van der Waals surface area contributed by atoms with Crippen LogP contribution in [0.3, 0.4) is 0 Å². The molecule has 0 aliphatic heterocycles. The topological polar surface area (TPSA) is 112 Å². The predicted octanol–water partition coefficient (Wildman–Crippen LogP) is -1.30. The van der Waals surface area contributed by atoms with Crippen molar-refractivity contribution >= 4 is 70.6 Å². The number of aldehydes is 1. The molecule has 1 radical (unpaired) electrons. The minimum absolute atomic E-state index is 0. The summed E-state index contributed by atoms with van der Waals surface area (Å²) in [5.41, 5.74) is 0. The quantitative estimate of drug-likeness (QED) is 0.284. The molecule has 4 nitrogen and oxygen atoms in total. The minimum Gasteiger partial charge on any atom is -0.412 e. The molecule has 0 aromatic heterocycles. The zero-order valence-electron chi connectivity index (χ0n) is 5.12. The molecule has 10 heavy (non-hydrogen) atoms. The summed E-state index contributed by atoms with van der Waals surface area (Å²) >= 11 is 14.6. The Hall–Kier alpha value is 1.42. The fraction of sp³-hybridized carbons (Fsp3) is 0.500. The number of rotatable bonds is 0. The van der Waals surface area contributed by atoms with E-state index in [4.69, 9.17) is 34.8 Å². The molecular weight excluding hydrogens is 217 g/mol. The normalized spacial score (nSPS) is 6.70. The van der Waals surface area contributed by atoms with Crippen LogP contribution in [0.1, 0.15) is 0 Å². The van der Waals surface area contributed by atoms with Gasteiger partial charge in [0.1, 0.15) is 0 Å². The number of halogens is 3. The van der Waals surface area contributed by atoms with Crippen LogP contribution in [0.4, 0.5) is 0 Å². The summed E-state index contributed by atoms with van der Waals surface area (Å²) in [5, 5.41) is 0. The number of carbonyl (C=O) groups excluding carboxylic acids is 1. The summed E-state index contributed by atoms with van der Waals surface area (Å²) in [5.74, 6) is 0. The van der Waals surface area contributed by atoms with E-state index in [-0.39, 0.29) is 52.3 Å². The molecule has 0 amide bonds. The molecule has 0 aliphatic carbocycles. The van der Waals surface area contributed by atoms with Crippen molar-refractivity contribution in [2.24, 2.45) is 0 Å². The van der Waals surface area contributed by atoms with Gasteiger partial charge in [0.05, 0.1) is 0 Å². The Morgan fingerprint density at radius 3 is 1.10 bits per heavy atom. The van der Waals surface area contributed by atoms with Crippen LogP contribution in [0.5, 0.6) is 0 Å². The van der Waals surface area contributed by atoms with Crippen LogP contribution in [0.15, 0.2) is 0 Å². The molecule has 8 heteroatoms. The van der Waals surface area contributed by atoms with Gasteiger partial charge in [0.25, 0.3) is 0 Å². The van der Waals surface area contributed by atoms with E-state index in [1.54, 1.807) is 0 Å². The predicted molar refractivity (Wildman–Crippen MR) is 42.9 cm³/mol. The summed E-state index contributed by atoms with van der Waals surface area (Å²) in [6.45, 7) is 0. The van der Waals surface area contributed by atoms with Crippen molar-refractivity contribution in [3.8, 4) is 0 Å². The van der Waals surface area contributed by atoms with E-state index >= 15 is 0 Å². The standard InChI is InChI=1S/C2HCl3O.Na.3H2O/c3-2(4,5)1-6;;;;/h1H;;3*1H2. The van der Waals surface area contributed by atoms with Gasteiger partial charge >= 0.3 is 0 Å². The molecular formula is C2H7Cl3NaO4. The van der Waals surface area contributed by atoms with Crippen LogP contribution < -0.4 is 0 Å². The number of hydrogen-bond acceptors (Lipinski definition) is 1. The maximum Gasteiger partial charge on any atom is 0.245 e. The molecule has 0 aliphatic rings. The van der Waals surface area contributed by atoms with Crippen molar-refractivity contribution in [3.63, 3.8) is 0 Å². The second-order valence-corrected chi connectivity index (χ2v) is 3.03. The Labute approximate surface area is 95.0 Å². The number of hydrogen-bond donors (Lipinski definition) is 0. The first-order valence-electron chi connectivity index (χ1n) is 1.09. The van der Waals surface area contributed by atoms with Crippen LogP contribution in [0.2, 0.25) is 0 Å². The third-order valence-electron chi connectivity index (χ3n) is 0.134. The van der Waals surface area contributed by atoms with Crippen LogP contribution in [0.25, 0.3) is 0 Å². The molecule has 0 atom stereocenters. The molecule has 0 fully saturated rings. The van der Waals surface area contributed by atoms with Crippen molar-refractivity contribution in [2.45, 2.75) is 3.79 Å².